The number of methoxy groups -OCH3 is 1. The quantitative estimate of drug-likeness (QED) is 0.794. The van der Waals surface area contributed by atoms with E-state index in [1.54, 1.807) is 13.2 Å². The number of aryl methyl sites for hydroxylation is 2. The molecule has 0 bridgehead atoms. The van der Waals surface area contributed by atoms with E-state index < -0.39 is 5.97 Å². The Labute approximate surface area is 141 Å². The van der Waals surface area contributed by atoms with Crippen molar-refractivity contribution in [1.29, 1.82) is 0 Å². The second kappa shape index (κ2) is 8.72. The molecule has 0 aliphatic rings. The van der Waals surface area contributed by atoms with Gasteiger partial charge in [0, 0.05) is 12.1 Å². The SMILES string of the molecule is COc1ccccc1CCC(=O)OCC(=O)Nc1ccccc1C. The lowest BCUT2D eigenvalue weighted by atomic mass is 10.1. The van der Waals surface area contributed by atoms with Gasteiger partial charge in [-0.3, -0.25) is 9.59 Å². The normalized spacial score (nSPS) is 10.1. The third kappa shape index (κ3) is 5.12. The smallest absolute Gasteiger partial charge is 0.306 e. The van der Waals surface area contributed by atoms with E-state index >= 15 is 0 Å². The Morgan fingerprint density at radius 3 is 2.50 bits per heavy atom. The van der Waals surface area contributed by atoms with Gasteiger partial charge in [-0.1, -0.05) is 36.4 Å². The molecule has 1 amide bonds. The van der Waals surface area contributed by atoms with Crippen LogP contribution in [0.25, 0.3) is 0 Å². The predicted molar refractivity (Wildman–Crippen MR) is 92.1 cm³/mol. The van der Waals surface area contributed by atoms with Crippen molar-refractivity contribution in [3.8, 4) is 5.75 Å². The van der Waals surface area contributed by atoms with Crippen molar-refractivity contribution in [2.24, 2.45) is 0 Å². The first-order valence-corrected chi connectivity index (χ1v) is 7.73. The Bertz CT molecular complexity index is 712. The highest BCUT2D eigenvalue weighted by molar-refractivity contribution is 5.93. The molecule has 0 saturated heterocycles. The third-order valence-corrected chi connectivity index (χ3v) is 3.57. The first-order chi connectivity index (χ1) is 11.6. The van der Waals surface area contributed by atoms with Crippen LogP contribution in [0.3, 0.4) is 0 Å². The maximum absolute atomic E-state index is 11.8. The second-order valence-corrected chi connectivity index (χ2v) is 5.34. The third-order valence-electron chi connectivity index (χ3n) is 3.57. The van der Waals surface area contributed by atoms with Gasteiger partial charge < -0.3 is 14.8 Å². The molecule has 5 heteroatoms. The number of hydrogen-bond acceptors (Lipinski definition) is 4. The largest absolute Gasteiger partial charge is 0.496 e. The van der Waals surface area contributed by atoms with Crippen molar-refractivity contribution < 1.29 is 19.1 Å². The van der Waals surface area contributed by atoms with Crippen molar-refractivity contribution in [2.75, 3.05) is 19.0 Å². The maximum Gasteiger partial charge on any atom is 0.306 e. The van der Waals surface area contributed by atoms with Gasteiger partial charge in [0.05, 0.1) is 7.11 Å². The summed E-state index contributed by atoms with van der Waals surface area (Å²) >= 11 is 0. The van der Waals surface area contributed by atoms with Crippen LogP contribution in [-0.2, 0) is 20.7 Å². The molecular formula is C19H21NO4. The Balaban J connectivity index is 1.77. The molecule has 0 aliphatic carbocycles. The lowest BCUT2D eigenvalue weighted by Crippen LogP contribution is -2.21. The van der Waals surface area contributed by atoms with Gasteiger partial charge in [0.1, 0.15) is 5.75 Å². The van der Waals surface area contributed by atoms with Crippen molar-refractivity contribution in [1.82, 2.24) is 0 Å². The van der Waals surface area contributed by atoms with Gasteiger partial charge in [-0.2, -0.15) is 0 Å². The van der Waals surface area contributed by atoms with Gasteiger partial charge in [-0.25, -0.2) is 0 Å². The van der Waals surface area contributed by atoms with Crippen LogP contribution in [0.5, 0.6) is 5.75 Å². The fraction of sp³-hybridized carbons (Fsp3) is 0.263. The number of amides is 1. The van der Waals surface area contributed by atoms with Crippen molar-refractivity contribution >= 4 is 17.6 Å². The molecule has 2 aromatic rings. The Hall–Kier alpha value is -2.82. The van der Waals surface area contributed by atoms with Gasteiger partial charge in [0.2, 0.25) is 0 Å². The highest BCUT2D eigenvalue weighted by atomic mass is 16.5. The average molecular weight is 327 g/mol. The minimum absolute atomic E-state index is 0.192. The Morgan fingerprint density at radius 2 is 1.75 bits per heavy atom. The second-order valence-electron chi connectivity index (χ2n) is 5.34. The number of rotatable bonds is 7. The van der Waals surface area contributed by atoms with Crippen LogP contribution in [0, 0.1) is 6.92 Å². The number of hydrogen-bond donors (Lipinski definition) is 1. The van der Waals surface area contributed by atoms with Gasteiger partial charge >= 0.3 is 5.97 Å². The van der Waals surface area contributed by atoms with Gasteiger partial charge in [-0.15, -0.1) is 0 Å². The number of anilines is 1. The van der Waals surface area contributed by atoms with Crippen LogP contribution < -0.4 is 10.1 Å². The molecule has 0 heterocycles. The molecule has 5 nitrogen and oxygen atoms in total. The summed E-state index contributed by atoms with van der Waals surface area (Å²) in [5.41, 5.74) is 2.60. The minimum Gasteiger partial charge on any atom is -0.496 e. The van der Waals surface area contributed by atoms with Crippen LogP contribution >= 0.6 is 0 Å². The number of nitrogens with one attached hydrogen (secondary N) is 1. The Morgan fingerprint density at radius 1 is 1.04 bits per heavy atom. The van der Waals surface area contributed by atoms with Crippen LogP contribution in [0.1, 0.15) is 17.5 Å². The van der Waals surface area contributed by atoms with Crippen molar-refractivity contribution in [3.05, 3.63) is 59.7 Å². The number of esters is 1. The number of carbonyl (C=O) groups is 2. The first kappa shape index (κ1) is 17.5. The molecule has 24 heavy (non-hydrogen) atoms. The zero-order valence-electron chi connectivity index (χ0n) is 13.9. The fourth-order valence-corrected chi connectivity index (χ4v) is 2.26. The molecule has 0 atom stereocenters. The van der Waals surface area contributed by atoms with Crippen molar-refractivity contribution in [3.63, 3.8) is 0 Å². The van der Waals surface area contributed by atoms with E-state index in [1.807, 2.05) is 49.4 Å². The van der Waals surface area contributed by atoms with E-state index in [0.29, 0.717) is 12.1 Å². The van der Waals surface area contributed by atoms with E-state index in [1.165, 1.54) is 0 Å². The minimum atomic E-state index is -0.416. The number of para-hydroxylation sites is 2. The summed E-state index contributed by atoms with van der Waals surface area (Å²) in [6.07, 6.45) is 0.695. The summed E-state index contributed by atoms with van der Waals surface area (Å²) in [6, 6.07) is 14.9. The topological polar surface area (TPSA) is 64.6 Å². The molecule has 2 rings (SSSR count). The van der Waals surface area contributed by atoms with Crippen molar-refractivity contribution in [2.45, 2.75) is 19.8 Å². The maximum atomic E-state index is 11.8. The number of benzene rings is 2. The zero-order valence-corrected chi connectivity index (χ0v) is 13.9. The summed E-state index contributed by atoms with van der Waals surface area (Å²) in [6.45, 7) is 1.61. The lowest BCUT2D eigenvalue weighted by molar-refractivity contribution is -0.147. The molecule has 0 saturated carbocycles. The van der Waals surface area contributed by atoms with E-state index in [-0.39, 0.29) is 18.9 Å². The molecule has 2 aromatic carbocycles. The molecule has 0 aliphatic heterocycles. The summed E-state index contributed by atoms with van der Waals surface area (Å²) < 4.78 is 10.3. The Kier molecular flexibility index (Phi) is 6.37. The monoisotopic (exact) mass is 327 g/mol. The van der Waals surface area contributed by atoms with Crippen LogP contribution in [0.4, 0.5) is 5.69 Å². The van der Waals surface area contributed by atoms with Crippen LogP contribution in [0.15, 0.2) is 48.5 Å². The molecule has 0 fully saturated rings. The molecule has 0 spiro atoms. The fourth-order valence-electron chi connectivity index (χ4n) is 2.26. The zero-order chi connectivity index (χ0) is 17.4. The number of carbonyl (C=O) groups excluding carboxylic acids is 2. The van der Waals surface area contributed by atoms with E-state index in [2.05, 4.69) is 5.32 Å². The molecular weight excluding hydrogens is 306 g/mol. The molecule has 0 unspecified atom stereocenters. The highest BCUT2D eigenvalue weighted by Gasteiger charge is 2.10. The highest BCUT2D eigenvalue weighted by Crippen LogP contribution is 2.19. The summed E-state index contributed by atoms with van der Waals surface area (Å²) in [7, 11) is 1.59. The average Bonchev–Trinajstić information content (AvgIpc) is 2.60. The summed E-state index contributed by atoms with van der Waals surface area (Å²) in [5.74, 6) is -0.0293. The lowest BCUT2D eigenvalue weighted by Gasteiger charge is -2.09. The summed E-state index contributed by atoms with van der Waals surface area (Å²) in [5, 5.41) is 2.72. The van der Waals surface area contributed by atoms with Crippen LogP contribution in [-0.4, -0.2) is 25.6 Å². The molecule has 0 aromatic heterocycles. The van der Waals surface area contributed by atoms with Crippen LogP contribution in [0.2, 0.25) is 0 Å². The predicted octanol–water partition coefficient (Wildman–Crippen LogP) is 3.12. The number of ether oxygens (including phenoxy) is 2. The van der Waals surface area contributed by atoms with E-state index in [0.717, 1.165) is 16.9 Å². The molecule has 0 radical (unpaired) electrons. The van der Waals surface area contributed by atoms with E-state index in [4.69, 9.17) is 9.47 Å². The molecule has 126 valence electrons. The molecule has 1 N–H and O–H groups in total. The van der Waals surface area contributed by atoms with Gasteiger partial charge in [0.15, 0.2) is 6.61 Å². The van der Waals surface area contributed by atoms with Gasteiger partial charge in [-0.05, 0) is 36.6 Å². The standard InChI is InChI=1S/C19H21NO4/c1-14-7-3-5-9-16(14)20-18(21)13-24-19(22)12-11-15-8-4-6-10-17(15)23-2/h3-10H,11-13H2,1-2H3,(H,20,21). The van der Waals surface area contributed by atoms with Gasteiger partial charge in [0.25, 0.3) is 5.91 Å². The van der Waals surface area contributed by atoms with E-state index in [9.17, 15) is 9.59 Å². The summed E-state index contributed by atoms with van der Waals surface area (Å²) in [4.78, 5) is 23.6. The first-order valence-electron chi connectivity index (χ1n) is 7.73.